The number of carboxylic acid groups (broad SMARTS) is 1. The van der Waals surface area contributed by atoms with Crippen LogP contribution in [0.5, 0.6) is 5.75 Å². The minimum atomic E-state index is -1.29. The largest absolute Gasteiger partial charge is 0.478 e. The highest BCUT2D eigenvalue weighted by molar-refractivity contribution is 5.91. The third-order valence-electron chi connectivity index (χ3n) is 3.26. The number of carboxylic acids is 1. The summed E-state index contributed by atoms with van der Waals surface area (Å²) in [5.41, 5.74) is -0.286. The summed E-state index contributed by atoms with van der Waals surface area (Å²) >= 11 is 0. The molecule has 5 nitrogen and oxygen atoms in total. The second kappa shape index (κ2) is 5.90. The van der Waals surface area contributed by atoms with E-state index in [4.69, 9.17) is 9.84 Å². The van der Waals surface area contributed by atoms with Gasteiger partial charge in [-0.25, -0.2) is 9.18 Å². The quantitative estimate of drug-likeness (QED) is 0.915. The molecule has 108 valence electrons. The smallest absolute Gasteiger partial charge is 0.339 e. The highest BCUT2D eigenvalue weighted by Crippen LogP contribution is 2.24. The van der Waals surface area contributed by atoms with Crippen molar-refractivity contribution < 1.29 is 23.8 Å². The number of benzene rings is 1. The first-order valence-corrected chi connectivity index (χ1v) is 6.48. The number of nitrogens with zero attached hydrogens (tertiary/aromatic N) is 1. The van der Waals surface area contributed by atoms with Crippen LogP contribution in [0.15, 0.2) is 18.2 Å². The first kappa shape index (κ1) is 14.3. The van der Waals surface area contributed by atoms with E-state index in [1.165, 1.54) is 19.1 Å². The van der Waals surface area contributed by atoms with Gasteiger partial charge in [0, 0.05) is 13.1 Å². The summed E-state index contributed by atoms with van der Waals surface area (Å²) < 4.78 is 19.0. The minimum Gasteiger partial charge on any atom is -0.478 e. The summed E-state index contributed by atoms with van der Waals surface area (Å²) in [6, 6.07) is 3.64. The maximum absolute atomic E-state index is 13.7. The maximum Gasteiger partial charge on any atom is 0.339 e. The van der Waals surface area contributed by atoms with Gasteiger partial charge in [-0.05, 0) is 31.9 Å². The van der Waals surface area contributed by atoms with E-state index in [-0.39, 0.29) is 17.2 Å². The molecule has 1 atom stereocenters. The number of amides is 1. The summed E-state index contributed by atoms with van der Waals surface area (Å²) in [7, 11) is 0. The van der Waals surface area contributed by atoms with Gasteiger partial charge in [-0.1, -0.05) is 6.07 Å². The van der Waals surface area contributed by atoms with Crippen molar-refractivity contribution in [1.29, 1.82) is 0 Å². The average Bonchev–Trinajstić information content (AvgIpc) is 2.93. The second-order valence-corrected chi connectivity index (χ2v) is 4.71. The normalized spacial score (nSPS) is 16.0. The van der Waals surface area contributed by atoms with E-state index in [2.05, 4.69) is 0 Å². The van der Waals surface area contributed by atoms with Gasteiger partial charge in [0.2, 0.25) is 0 Å². The number of hydrogen-bond acceptors (Lipinski definition) is 3. The topological polar surface area (TPSA) is 66.8 Å². The first-order valence-electron chi connectivity index (χ1n) is 6.48. The van der Waals surface area contributed by atoms with E-state index in [9.17, 15) is 14.0 Å². The molecule has 0 aromatic heterocycles. The molecule has 0 bridgehead atoms. The number of hydrogen-bond donors (Lipinski definition) is 1. The van der Waals surface area contributed by atoms with Crippen molar-refractivity contribution in [1.82, 2.24) is 4.90 Å². The summed E-state index contributed by atoms with van der Waals surface area (Å²) in [6.07, 6.45) is 0.972. The number of likely N-dealkylation sites (tertiary alicyclic amines) is 1. The number of aromatic carboxylic acids is 1. The van der Waals surface area contributed by atoms with Crippen LogP contribution in [-0.4, -0.2) is 41.1 Å². The highest BCUT2D eigenvalue weighted by atomic mass is 19.1. The molecule has 1 aromatic rings. The first-order chi connectivity index (χ1) is 9.50. The number of rotatable bonds is 4. The van der Waals surface area contributed by atoms with Gasteiger partial charge >= 0.3 is 5.97 Å². The van der Waals surface area contributed by atoms with Crippen molar-refractivity contribution in [3.63, 3.8) is 0 Å². The van der Waals surface area contributed by atoms with E-state index in [0.717, 1.165) is 18.9 Å². The van der Waals surface area contributed by atoms with Crippen molar-refractivity contribution in [2.75, 3.05) is 13.1 Å². The van der Waals surface area contributed by atoms with Crippen molar-refractivity contribution in [2.24, 2.45) is 0 Å². The summed E-state index contributed by atoms with van der Waals surface area (Å²) in [4.78, 5) is 24.8. The van der Waals surface area contributed by atoms with Crippen molar-refractivity contribution in [3.05, 3.63) is 29.6 Å². The lowest BCUT2D eigenvalue weighted by Gasteiger charge is -2.22. The van der Waals surface area contributed by atoms with E-state index in [0.29, 0.717) is 13.1 Å². The molecule has 6 heteroatoms. The Labute approximate surface area is 116 Å². The molecule has 1 aliphatic heterocycles. The minimum absolute atomic E-state index is 0.248. The van der Waals surface area contributed by atoms with Gasteiger partial charge in [-0.2, -0.15) is 0 Å². The molecule has 1 fully saturated rings. The van der Waals surface area contributed by atoms with Crippen LogP contribution < -0.4 is 4.74 Å². The number of carbonyl (C=O) groups excluding carboxylic acids is 1. The molecule has 1 amide bonds. The summed E-state index contributed by atoms with van der Waals surface area (Å²) in [5.74, 6) is -2.71. The molecule has 0 saturated carbocycles. The van der Waals surface area contributed by atoms with Crippen LogP contribution in [0, 0.1) is 5.82 Å². The Morgan fingerprint density at radius 1 is 1.35 bits per heavy atom. The Kier molecular flexibility index (Phi) is 4.22. The monoisotopic (exact) mass is 281 g/mol. The van der Waals surface area contributed by atoms with E-state index in [1.807, 2.05) is 0 Å². The Hall–Kier alpha value is -2.11. The van der Waals surface area contributed by atoms with Crippen LogP contribution in [0.3, 0.4) is 0 Å². The van der Waals surface area contributed by atoms with Gasteiger partial charge in [-0.3, -0.25) is 4.79 Å². The Morgan fingerprint density at radius 2 is 2.00 bits per heavy atom. The van der Waals surface area contributed by atoms with Crippen LogP contribution in [-0.2, 0) is 4.79 Å². The molecule has 2 rings (SSSR count). The van der Waals surface area contributed by atoms with Gasteiger partial charge in [0.1, 0.15) is 5.56 Å². The van der Waals surface area contributed by atoms with Gasteiger partial charge in [-0.15, -0.1) is 0 Å². The van der Waals surface area contributed by atoms with Crippen molar-refractivity contribution in [3.8, 4) is 5.75 Å². The third-order valence-corrected chi connectivity index (χ3v) is 3.26. The zero-order valence-electron chi connectivity index (χ0n) is 11.1. The average molecular weight is 281 g/mol. The van der Waals surface area contributed by atoms with Crippen LogP contribution in [0.2, 0.25) is 0 Å². The van der Waals surface area contributed by atoms with Crippen LogP contribution in [0.1, 0.15) is 30.1 Å². The Bertz CT molecular complexity index is 526. The zero-order valence-corrected chi connectivity index (χ0v) is 11.1. The zero-order chi connectivity index (χ0) is 14.7. The Morgan fingerprint density at radius 3 is 2.60 bits per heavy atom. The van der Waals surface area contributed by atoms with E-state index < -0.39 is 17.9 Å². The molecular weight excluding hydrogens is 265 g/mol. The predicted molar refractivity (Wildman–Crippen MR) is 69.3 cm³/mol. The van der Waals surface area contributed by atoms with E-state index >= 15 is 0 Å². The summed E-state index contributed by atoms with van der Waals surface area (Å²) in [6.45, 7) is 2.82. The van der Waals surface area contributed by atoms with Crippen molar-refractivity contribution in [2.45, 2.75) is 25.9 Å². The second-order valence-electron chi connectivity index (χ2n) is 4.71. The lowest BCUT2D eigenvalue weighted by Crippen LogP contribution is -2.38. The number of para-hydroxylation sites is 1. The predicted octanol–water partition coefficient (Wildman–Crippen LogP) is 1.91. The van der Waals surface area contributed by atoms with Gasteiger partial charge in [0.25, 0.3) is 5.91 Å². The molecule has 1 aromatic carbocycles. The fraction of sp³-hybridized carbons (Fsp3) is 0.429. The van der Waals surface area contributed by atoms with Gasteiger partial charge in [0.15, 0.2) is 17.7 Å². The lowest BCUT2D eigenvalue weighted by molar-refractivity contribution is -0.136. The van der Waals surface area contributed by atoms with E-state index in [1.54, 1.807) is 4.90 Å². The number of halogens is 1. The maximum atomic E-state index is 13.7. The van der Waals surface area contributed by atoms with Gasteiger partial charge < -0.3 is 14.7 Å². The lowest BCUT2D eigenvalue weighted by atomic mass is 10.2. The standard InChI is InChI=1S/C14H16FNO4/c1-9(13(17)16-7-2-3-8-16)20-12-10(14(18)19)5-4-6-11(12)15/h4-6,9H,2-3,7-8H2,1H3,(H,18,19). The Balaban J connectivity index is 2.16. The summed E-state index contributed by atoms with van der Waals surface area (Å²) in [5, 5.41) is 9.01. The number of ether oxygens (including phenoxy) is 1. The number of carbonyl (C=O) groups is 2. The molecule has 1 heterocycles. The fourth-order valence-electron chi connectivity index (χ4n) is 2.22. The van der Waals surface area contributed by atoms with Gasteiger partial charge in [0.05, 0.1) is 0 Å². The molecule has 1 aliphatic rings. The molecule has 0 aliphatic carbocycles. The van der Waals surface area contributed by atoms with Crippen molar-refractivity contribution >= 4 is 11.9 Å². The fourth-order valence-corrected chi connectivity index (χ4v) is 2.22. The molecule has 0 radical (unpaired) electrons. The molecule has 1 unspecified atom stereocenters. The van der Waals surface area contributed by atoms with Crippen LogP contribution in [0.25, 0.3) is 0 Å². The van der Waals surface area contributed by atoms with Crippen LogP contribution in [0.4, 0.5) is 4.39 Å². The molecule has 1 saturated heterocycles. The molecular formula is C14H16FNO4. The van der Waals surface area contributed by atoms with Crippen LogP contribution >= 0.6 is 0 Å². The third kappa shape index (κ3) is 2.89. The molecule has 0 spiro atoms. The molecule has 1 N–H and O–H groups in total. The molecule has 20 heavy (non-hydrogen) atoms. The SMILES string of the molecule is CC(Oc1c(F)cccc1C(=O)O)C(=O)N1CCCC1. The highest BCUT2D eigenvalue weighted by Gasteiger charge is 2.27.